The van der Waals surface area contributed by atoms with Gasteiger partial charge in [0.25, 0.3) is 0 Å². The minimum Gasteiger partial charge on any atom is -0.229 e. The average molecular weight is 397 g/mol. The molecule has 2 unspecified atom stereocenters. The predicted molar refractivity (Wildman–Crippen MR) is 78.8 cm³/mol. The third-order valence-corrected chi connectivity index (χ3v) is 7.56. The molecule has 0 radical (unpaired) electrons. The minimum atomic E-state index is -4.23. The quantitative estimate of drug-likeness (QED) is 0.624. The maximum atomic E-state index is 13.6. The molecule has 0 saturated carbocycles. The fourth-order valence-corrected chi connectivity index (χ4v) is 6.64. The first-order chi connectivity index (χ1) is 9.53. The number of hydrogen-bond acceptors (Lipinski definition) is 4. The summed E-state index contributed by atoms with van der Waals surface area (Å²) in [6.07, 6.45) is 0. The summed E-state index contributed by atoms with van der Waals surface area (Å²) in [7, 11) is -7.64. The van der Waals surface area contributed by atoms with Gasteiger partial charge in [0, 0.05) is 0 Å². The molecule has 118 valence electrons. The standard InChI is InChI=1S/C10H9Cl3FNO4S2/c11-5-1-2-8(9(13)10(5)14)21(18,19)15-7-4-20(16,17)3-6(7)12/h1-2,6-7,15H,3-4H2. The third kappa shape index (κ3) is 3.62. The molecule has 21 heavy (non-hydrogen) atoms. The van der Waals surface area contributed by atoms with Gasteiger partial charge in [0.15, 0.2) is 15.7 Å². The van der Waals surface area contributed by atoms with E-state index in [9.17, 15) is 21.2 Å². The summed E-state index contributed by atoms with van der Waals surface area (Å²) < 4.78 is 62.9. The van der Waals surface area contributed by atoms with Crippen molar-refractivity contribution >= 4 is 54.7 Å². The maximum absolute atomic E-state index is 13.6. The predicted octanol–water partition coefficient (Wildman–Crippen LogP) is 1.82. The van der Waals surface area contributed by atoms with E-state index in [1.165, 1.54) is 0 Å². The SMILES string of the molecule is O=S1(=O)CC(Cl)C(NS(=O)(=O)c2ccc(Cl)c(F)c2Cl)C1. The lowest BCUT2D eigenvalue weighted by atomic mass is 10.3. The van der Waals surface area contributed by atoms with E-state index in [2.05, 4.69) is 4.72 Å². The number of sulfone groups is 1. The number of benzene rings is 1. The summed E-state index contributed by atoms with van der Waals surface area (Å²) in [5.74, 6) is -1.82. The molecule has 0 amide bonds. The van der Waals surface area contributed by atoms with Gasteiger partial charge in [0.1, 0.15) is 4.90 Å². The first kappa shape index (κ1) is 17.2. The van der Waals surface area contributed by atoms with Crippen molar-refractivity contribution in [2.24, 2.45) is 0 Å². The van der Waals surface area contributed by atoms with Crippen molar-refractivity contribution in [2.45, 2.75) is 16.3 Å². The van der Waals surface area contributed by atoms with Crippen LogP contribution in [0.5, 0.6) is 0 Å². The Kier molecular flexibility index (Phi) is 4.78. The van der Waals surface area contributed by atoms with Crippen LogP contribution in [0.3, 0.4) is 0 Å². The average Bonchev–Trinajstić information content (AvgIpc) is 2.58. The number of sulfonamides is 1. The highest BCUT2D eigenvalue weighted by Gasteiger charge is 2.39. The Morgan fingerprint density at radius 2 is 1.86 bits per heavy atom. The number of rotatable bonds is 3. The largest absolute Gasteiger partial charge is 0.242 e. The first-order valence-electron chi connectivity index (χ1n) is 5.54. The molecule has 0 bridgehead atoms. The van der Waals surface area contributed by atoms with Gasteiger partial charge >= 0.3 is 0 Å². The van der Waals surface area contributed by atoms with Crippen LogP contribution >= 0.6 is 34.8 Å². The molecule has 1 aromatic carbocycles. The highest BCUT2D eigenvalue weighted by Crippen LogP contribution is 2.30. The molecular formula is C10H9Cl3FNO4S2. The van der Waals surface area contributed by atoms with E-state index in [4.69, 9.17) is 34.8 Å². The molecule has 5 nitrogen and oxygen atoms in total. The van der Waals surface area contributed by atoms with E-state index < -0.39 is 52.8 Å². The number of hydrogen-bond donors (Lipinski definition) is 1. The van der Waals surface area contributed by atoms with Crippen molar-refractivity contribution in [3.05, 3.63) is 28.0 Å². The summed E-state index contributed by atoms with van der Waals surface area (Å²) in [5, 5.41) is -1.89. The van der Waals surface area contributed by atoms with Gasteiger partial charge in [-0.15, -0.1) is 11.6 Å². The zero-order valence-corrected chi connectivity index (χ0v) is 14.1. The monoisotopic (exact) mass is 395 g/mol. The second kappa shape index (κ2) is 5.82. The molecule has 1 aromatic rings. The Hall–Kier alpha value is -0.120. The Bertz CT molecular complexity index is 782. The molecule has 1 saturated heterocycles. The van der Waals surface area contributed by atoms with Gasteiger partial charge in [-0.05, 0) is 12.1 Å². The smallest absolute Gasteiger partial charge is 0.229 e. The molecule has 1 N–H and O–H groups in total. The third-order valence-electron chi connectivity index (χ3n) is 2.88. The molecular weight excluding hydrogens is 388 g/mol. The number of nitrogens with one attached hydrogen (secondary N) is 1. The highest BCUT2D eigenvalue weighted by molar-refractivity contribution is 7.92. The van der Waals surface area contributed by atoms with Crippen LogP contribution in [0.4, 0.5) is 4.39 Å². The molecule has 1 aliphatic heterocycles. The van der Waals surface area contributed by atoms with E-state index in [1.54, 1.807) is 0 Å². The maximum Gasteiger partial charge on any atom is 0.242 e. The van der Waals surface area contributed by atoms with Gasteiger partial charge in [-0.3, -0.25) is 0 Å². The van der Waals surface area contributed by atoms with Crippen molar-refractivity contribution in [1.82, 2.24) is 4.72 Å². The minimum absolute atomic E-state index is 0.322. The van der Waals surface area contributed by atoms with E-state index in [-0.39, 0.29) is 10.8 Å². The van der Waals surface area contributed by atoms with Gasteiger partial charge in [0.2, 0.25) is 10.0 Å². The van der Waals surface area contributed by atoms with E-state index >= 15 is 0 Å². The molecule has 0 aromatic heterocycles. The zero-order valence-electron chi connectivity index (χ0n) is 10.2. The second-order valence-corrected chi connectivity index (χ2v) is 9.68. The van der Waals surface area contributed by atoms with E-state index in [1.807, 2.05) is 0 Å². The van der Waals surface area contributed by atoms with Crippen molar-refractivity contribution in [3.8, 4) is 0 Å². The zero-order chi connectivity index (χ0) is 16.0. The van der Waals surface area contributed by atoms with Crippen molar-refractivity contribution in [2.75, 3.05) is 11.5 Å². The Labute approximate surface area is 136 Å². The van der Waals surface area contributed by atoms with Crippen molar-refractivity contribution < 1.29 is 21.2 Å². The summed E-state index contributed by atoms with van der Waals surface area (Å²) in [6.45, 7) is 0. The molecule has 1 aliphatic rings. The van der Waals surface area contributed by atoms with Crippen LogP contribution in [0.15, 0.2) is 17.0 Å². The molecule has 2 rings (SSSR count). The van der Waals surface area contributed by atoms with Gasteiger partial charge in [-0.1, -0.05) is 23.2 Å². The topological polar surface area (TPSA) is 80.3 Å². The highest BCUT2D eigenvalue weighted by atomic mass is 35.5. The normalized spacial score (nSPS) is 25.1. The van der Waals surface area contributed by atoms with E-state index in [0.717, 1.165) is 12.1 Å². The van der Waals surface area contributed by atoms with Crippen LogP contribution in [0, 0.1) is 5.82 Å². The van der Waals surface area contributed by atoms with Crippen LogP contribution in [-0.4, -0.2) is 39.8 Å². The Morgan fingerprint density at radius 3 is 2.38 bits per heavy atom. The Balaban J connectivity index is 2.34. The molecule has 0 aliphatic carbocycles. The lowest BCUT2D eigenvalue weighted by Crippen LogP contribution is -2.40. The fraction of sp³-hybridized carbons (Fsp3) is 0.400. The Morgan fingerprint density at radius 1 is 1.24 bits per heavy atom. The summed E-state index contributed by atoms with van der Waals surface area (Å²) in [4.78, 5) is -0.528. The number of alkyl halides is 1. The molecule has 11 heteroatoms. The summed E-state index contributed by atoms with van der Waals surface area (Å²) >= 11 is 16.9. The van der Waals surface area contributed by atoms with Crippen LogP contribution in [-0.2, 0) is 19.9 Å². The molecule has 2 atom stereocenters. The van der Waals surface area contributed by atoms with Gasteiger partial charge in [0.05, 0.1) is 33.0 Å². The fourth-order valence-electron chi connectivity index (χ4n) is 1.89. The van der Waals surface area contributed by atoms with E-state index in [0.29, 0.717) is 0 Å². The van der Waals surface area contributed by atoms with Crippen LogP contribution < -0.4 is 4.72 Å². The van der Waals surface area contributed by atoms with Crippen LogP contribution in [0.1, 0.15) is 0 Å². The number of halogens is 4. The summed E-state index contributed by atoms with van der Waals surface area (Å²) in [5.41, 5.74) is 0. The van der Waals surface area contributed by atoms with Gasteiger partial charge in [-0.2, -0.15) is 0 Å². The second-order valence-electron chi connectivity index (χ2n) is 4.49. The summed E-state index contributed by atoms with van der Waals surface area (Å²) in [6, 6.07) is 1.07. The first-order valence-corrected chi connectivity index (χ1v) is 10.0. The molecule has 1 fully saturated rings. The van der Waals surface area contributed by atoms with Crippen molar-refractivity contribution in [1.29, 1.82) is 0 Å². The lowest BCUT2D eigenvalue weighted by molar-refractivity contribution is 0.561. The van der Waals surface area contributed by atoms with Crippen LogP contribution in [0.2, 0.25) is 10.0 Å². The lowest BCUT2D eigenvalue weighted by Gasteiger charge is -2.15. The van der Waals surface area contributed by atoms with Gasteiger partial charge in [-0.25, -0.2) is 25.9 Å². The molecule has 1 heterocycles. The molecule has 0 spiro atoms. The van der Waals surface area contributed by atoms with Gasteiger partial charge < -0.3 is 0 Å². The van der Waals surface area contributed by atoms with Crippen LogP contribution in [0.25, 0.3) is 0 Å². The van der Waals surface area contributed by atoms with Crippen molar-refractivity contribution in [3.63, 3.8) is 0 Å².